The highest BCUT2D eigenvalue weighted by atomic mass is 16.5. The predicted molar refractivity (Wildman–Crippen MR) is 91.2 cm³/mol. The van der Waals surface area contributed by atoms with Crippen molar-refractivity contribution >= 4 is 5.91 Å². The number of ether oxygens (including phenoxy) is 1. The van der Waals surface area contributed by atoms with Crippen molar-refractivity contribution in [3.8, 4) is 0 Å². The molecule has 2 aromatic heterocycles. The number of fused-ring (bicyclic) bond motifs is 1. The summed E-state index contributed by atoms with van der Waals surface area (Å²) in [6.45, 7) is 3.88. The highest BCUT2D eigenvalue weighted by Crippen LogP contribution is 2.40. The van der Waals surface area contributed by atoms with E-state index >= 15 is 0 Å². The molecule has 4 rings (SSSR count). The van der Waals surface area contributed by atoms with Crippen LogP contribution in [-0.2, 0) is 24.4 Å². The number of aromatic nitrogens is 3. The number of methoxy groups -OCH3 is 1. The van der Waals surface area contributed by atoms with Crippen LogP contribution in [0.1, 0.15) is 58.6 Å². The second kappa shape index (κ2) is 6.85. The van der Waals surface area contributed by atoms with Gasteiger partial charge in [-0.3, -0.25) is 9.48 Å². The molecule has 1 unspecified atom stereocenters. The van der Waals surface area contributed by atoms with Gasteiger partial charge >= 0.3 is 0 Å². The maximum absolute atomic E-state index is 13.0. The van der Waals surface area contributed by atoms with Crippen molar-refractivity contribution in [2.45, 2.75) is 52.0 Å². The maximum atomic E-state index is 13.0. The second-order valence-corrected chi connectivity index (χ2v) is 7.15. The van der Waals surface area contributed by atoms with Crippen LogP contribution in [0.25, 0.3) is 0 Å². The van der Waals surface area contributed by atoms with Crippen LogP contribution in [0, 0.1) is 12.8 Å². The molecule has 1 aliphatic carbocycles. The number of rotatable bonds is 5. The smallest absolute Gasteiger partial charge is 0.276 e. The molecule has 2 aliphatic rings. The van der Waals surface area contributed by atoms with Crippen molar-refractivity contribution in [2.75, 3.05) is 13.7 Å². The minimum atomic E-state index is -0.495. The van der Waals surface area contributed by atoms with Crippen molar-refractivity contribution < 1.29 is 19.2 Å². The molecule has 2 aromatic rings. The van der Waals surface area contributed by atoms with E-state index in [0.29, 0.717) is 48.3 Å². The Kier molecular flexibility index (Phi) is 4.54. The highest BCUT2D eigenvalue weighted by molar-refractivity contribution is 5.93. The molecule has 1 aliphatic heterocycles. The van der Waals surface area contributed by atoms with Crippen LogP contribution < -0.4 is 0 Å². The SMILES string of the molecule is COCc1c(C(=O)N2CCCn3nc(C(O)C4CC4)cc3C2)noc1C. The number of aliphatic hydroxyl groups is 1. The molecule has 26 heavy (non-hydrogen) atoms. The number of amides is 1. The lowest BCUT2D eigenvalue weighted by molar-refractivity contribution is 0.0731. The first-order valence-electron chi connectivity index (χ1n) is 9.06. The van der Waals surface area contributed by atoms with Gasteiger partial charge in [-0.05, 0) is 38.2 Å². The van der Waals surface area contributed by atoms with Gasteiger partial charge in [0.1, 0.15) is 11.9 Å². The average molecular weight is 360 g/mol. The van der Waals surface area contributed by atoms with Crippen molar-refractivity contribution in [3.05, 3.63) is 34.5 Å². The van der Waals surface area contributed by atoms with Gasteiger partial charge in [-0.25, -0.2) is 0 Å². The van der Waals surface area contributed by atoms with Gasteiger partial charge in [-0.1, -0.05) is 5.16 Å². The summed E-state index contributed by atoms with van der Waals surface area (Å²) >= 11 is 0. The lowest BCUT2D eigenvalue weighted by Gasteiger charge is -2.19. The van der Waals surface area contributed by atoms with E-state index in [0.717, 1.165) is 31.5 Å². The topological polar surface area (TPSA) is 93.6 Å². The molecule has 140 valence electrons. The van der Waals surface area contributed by atoms with Crippen molar-refractivity contribution in [1.82, 2.24) is 19.8 Å². The Morgan fingerprint density at radius 1 is 1.46 bits per heavy atom. The number of carbonyl (C=O) groups is 1. The number of nitrogens with zero attached hydrogens (tertiary/aromatic N) is 4. The molecule has 0 aromatic carbocycles. The zero-order valence-corrected chi connectivity index (χ0v) is 15.1. The van der Waals surface area contributed by atoms with Crippen LogP contribution in [0.4, 0.5) is 0 Å². The van der Waals surface area contributed by atoms with Crippen LogP contribution in [0.3, 0.4) is 0 Å². The Labute approximate surface area is 151 Å². The minimum Gasteiger partial charge on any atom is -0.386 e. The third kappa shape index (κ3) is 3.14. The van der Waals surface area contributed by atoms with Crippen LogP contribution >= 0.6 is 0 Å². The Bertz CT molecular complexity index is 808. The molecule has 1 N–H and O–H groups in total. The first-order valence-corrected chi connectivity index (χ1v) is 9.06. The monoisotopic (exact) mass is 360 g/mol. The first kappa shape index (κ1) is 17.2. The predicted octanol–water partition coefficient (Wildman–Crippen LogP) is 1.82. The molecule has 1 fully saturated rings. The summed E-state index contributed by atoms with van der Waals surface area (Å²) < 4.78 is 12.3. The number of carbonyl (C=O) groups excluding carboxylic acids is 1. The molecule has 1 atom stereocenters. The molecule has 1 amide bonds. The van der Waals surface area contributed by atoms with E-state index in [1.807, 2.05) is 10.7 Å². The van der Waals surface area contributed by atoms with E-state index in [1.54, 1.807) is 18.9 Å². The first-order chi connectivity index (χ1) is 12.6. The van der Waals surface area contributed by atoms with Crippen molar-refractivity contribution in [1.29, 1.82) is 0 Å². The van der Waals surface area contributed by atoms with Gasteiger partial charge in [-0.15, -0.1) is 0 Å². The minimum absolute atomic E-state index is 0.159. The zero-order chi connectivity index (χ0) is 18.3. The molecule has 0 spiro atoms. The lowest BCUT2D eigenvalue weighted by Crippen LogP contribution is -2.31. The zero-order valence-electron chi connectivity index (χ0n) is 15.1. The number of hydrogen-bond acceptors (Lipinski definition) is 6. The Balaban J connectivity index is 1.56. The van der Waals surface area contributed by atoms with Crippen LogP contribution in [0.5, 0.6) is 0 Å². The molecule has 1 saturated carbocycles. The van der Waals surface area contributed by atoms with Crippen LogP contribution in [-0.4, -0.2) is 44.5 Å². The number of aryl methyl sites for hydroxylation is 2. The van der Waals surface area contributed by atoms with Gasteiger partial charge in [0.25, 0.3) is 5.91 Å². The van der Waals surface area contributed by atoms with E-state index in [9.17, 15) is 9.90 Å². The molecule has 3 heterocycles. The van der Waals surface area contributed by atoms with Crippen molar-refractivity contribution in [2.24, 2.45) is 5.92 Å². The van der Waals surface area contributed by atoms with Crippen molar-refractivity contribution in [3.63, 3.8) is 0 Å². The van der Waals surface area contributed by atoms with Crippen LogP contribution in [0.15, 0.2) is 10.6 Å². The van der Waals surface area contributed by atoms with E-state index in [1.165, 1.54) is 0 Å². The van der Waals surface area contributed by atoms with Gasteiger partial charge in [0.05, 0.1) is 30.1 Å². The maximum Gasteiger partial charge on any atom is 0.276 e. The number of hydrogen-bond donors (Lipinski definition) is 1. The third-order valence-corrected chi connectivity index (χ3v) is 5.17. The highest BCUT2D eigenvalue weighted by Gasteiger charge is 2.34. The van der Waals surface area contributed by atoms with Gasteiger partial charge in [-0.2, -0.15) is 5.10 Å². The summed E-state index contributed by atoms with van der Waals surface area (Å²) in [5.41, 5.74) is 2.67. The fourth-order valence-electron chi connectivity index (χ4n) is 3.48. The molecule has 0 bridgehead atoms. The van der Waals surface area contributed by atoms with Gasteiger partial charge in [0.15, 0.2) is 5.69 Å². The number of aliphatic hydroxyl groups excluding tert-OH is 1. The summed E-state index contributed by atoms with van der Waals surface area (Å²) in [4.78, 5) is 14.8. The van der Waals surface area contributed by atoms with E-state index in [2.05, 4.69) is 10.3 Å². The molecule has 0 saturated heterocycles. The molecule has 0 radical (unpaired) electrons. The summed E-state index contributed by atoms with van der Waals surface area (Å²) in [7, 11) is 1.58. The Hall–Kier alpha value is -2.19. The molecule has 8 nitrogen and oxygen atoms in total. The molecular weight excluding hydrogens is 336 g/mol. The van der Waals surface area contributed by atoms with E-state index < -0.39 is 6.10 Å². The second-order valence-electron chi connectivity index (χ2n) is 7.15. The van der Waals surface area contributed by atoms with E-state index in [4.69, 9.17) is 9.26 Å². The third-order valence-electron chi connectivity index (χ3n) is 5.17. The molecular formula is C18H24N4O4. The fraction of sp³-hybridized carbons (Fsp3) is 0.611. The standard InChI is InChI=1S/C18H24N4O4/c1-11-14(10-25-2)16(20-26-11)18(24)21-6-3-7-22-13(9-21)8-15(19-22)17(23)12-4-5-12/h8,12,17,23H,3-7,9-10H2,1-2H3. The van der Waals surface area contributed by atoms with Gasteiger partial charge in [0, 0.05) is 20.2 Å². The van der Waals surface area contributed by atoms with Gasteiger partial charge < -0.3 is 19.3 Å². The van der Waals surface area contributed by atoms with Crippen LogP contribution in [0.2, 0.25) is 0 Å². The quantitative estimate of drug-likeness (QED) is 0.874. The summed E-state index contributed by atoms with van der Waals surface area (Å²) in [6, 6.07) is 1.93. The van der Waals surface area contributed by atoms with E-state index in [-0.39, 0.29) is 5.91 Å². The summed E-state index contributed by atoms with van der Waals surface area (Å²) in [6.07, 6.45) is 2.42. The summed E-state index contributed by atoms with van der Waals surface area (Å²) in [5, 5.41) is 18.9. The Morgan fingerprint density at radius 2 is 2.27 bits per heavy atom. The fourth-order valence-corrected chi connectivity index (χ4v) is 3.48. The largest absolute Gasteiger partial charge is 0.386 e. The normalized spacial score (nSPS) is 18.5. The lowest BCUT2D eigenvalue weighted by atomic mass is 10.1. The van der Waals surface area contributed by atoms with Gasteiger partial charge in [0.2, 0.25) is 0 Å². The Morgan fingerprint density at radius 3 is 3.00 bits per heavy atom. The average Bonchev–Trinajstić information content (AvgIpc) is 3.36. The summed E-state index contributed by atoms with van der Waals surface area (Å²) in [5.74, 6) is 0.777. The molecule has 8 heteroatoms.